The summed E-state index contributed by atoms with van der Waals surface area (Å²) < 4.78 is 1.94. The van der Waals surface area contributed by atoms with Crippen LogP contribution in [0.3, 0.4) is 0 Å². The zero-order valence-corrected chi connectivity index (χ0v) is 13.2. The second-order valence-electron chi connectivity index (χ2n) is 4.43. The molecule has 0 N–H and O–H groups in total. The predicted octanol–water partition coefficient (Wildman–Crippen LogP) is 4.28. The number of hydrogen-bond acceptors (Lipinski definition) is 2. The van der Waals surface area contributed by atoms with Crippen LogP contribution in [0.4, 0.5) is 0 Å². The monoisotopic (exact) mass is 360 g/mol. The molecule has 0 aliphatic heterocycles. The lowest BCUT2D eigenvalue weighted by Gasteiger charge is -2.03. The summed E-state index contributed by atoms with van der Waals surface area (Å²) in [4.78, 5) is 16.7. The number of benzene rings is 1. The molecule has 0 spiro atoms. The van der Waals surface area contributed by atoms with Crippen LogP contribution >= 0.6 is 27.5 Å². The van der Waals surface area contributed by atoms with Crippen LogP contribution in [0.5, 0.6) is 0 Å². The van der Waals surface area contributed by atoms with Crippen LogP contribution in [-0.2, 0) is 0 Å². The van der Waals surface area contributed by atoms with E-state index in [0.717, 1.165) is 5.56 Å². The van der Waals surface area contributed by atoms with Crippen molar-refractivity contribution >= 4 is 45.3 Å². The van der Waals surface area contributed by atoms with Crippen LogP contribution in [0, 0.1) is 0 Å². The van der Waals surface area contributed by atoms with E-state index in [2.05, 4.69) is 20.9 Å². The number of nitrogens with zero attached hydrogens (tertiary/aromatic N) is 2. The molecule has 0 aliphatic carbocycles. The van der Waals surface area contributed by atoms with Gasteiger partial charge in [-0.2, -0.15) is 0 Å². The standard InChI is InChI=1S/C16H10BrClN2O/c17-15-13(9-6-11-4-7-12(18)8-5-11)19-14-3-1-2-10-20(14)16(15)21/h1-10H. The van der Waals surface area contributed by atoms with Crippen molar-refractivity contribution in [2.75, 3.05) is 0 Å². The molecule has 0 bridgehead atoms. The molecular formula is C16H10BrClN2O. The van der Waals surface area contributed by atoms with E-state index in [4.69, 9.17) is 11.6 Å². The second-order valence-corrected chi connectivity index (χ2v) is 5.66. The summed E-state index contributed by atoms with van der Waals surface area (Å²) in [5.41, 5.74) is 2.07. The Balaban J connectivity index is 2.06. The van der Waals surface area contributed by atoms with Crippen molar-refractivity contribution in [1.82, 2.24) is 9.38 Å². The first-order valence-corrected chi connectivity index (χ1v) is 7.43. The second kappa shape index (κ2) is 5.84. The van der Waals surface area contributed by atoms with E-state index in [-0.39, 0.29) is 5.56 Å². The van der Waals surface area contributed by atoms with Gasteiger partial charge in [0.05, 0.1) is 5.69 Å². The first-order chi connectivity index (χ1) is 10.1. The number of pyridine rings is 1. The third kappa shape index (κ3) is 2.91. The van der Waals surface area contributed by atoms with E-state index >= 15 is 0 Å². The minimum absolute atomic E-state index is 0.128. The van der Waals surface area contributed by atoms with E-state index in [1.807, 2.05) is 42.5 Å². The van der Waals surface area contributed by atoms with Crippen molar-refractivity contribution in [3.05, 3.63) is 79.8 Å². The summed E-state index contributed by atoms with van der Waals surface area (Å²) >= 11 is 9.17. The molecule has 2 aromatic heterocycles. The lowest BCUT2D eigenvalue weighted by molar-refractivity contribution is 1.02. The van der Waals surface area contributed by atoms with Gasteiger partial charge in [-0.15, -0.1) is 0 Å². The van der Waals surface area contributed by atoms with Gasteiger partial charge in [0.2, 0.25) is 0 Å². The Morgan fingerprint density at radius 2 is 1.86 bits per heavy atom. The first kappa shape index (κ1) is 14.0. The summed E-state index contributed by atoms with van der Waals surface area (Å²) in [6.45, 7) is 0. The maximum absolute atomic E-state index is 12.2. The average molecular weight is 362 g/mol. The fourth-order valence-corrected chi connectivity index (χ4v) is 2.48. The van der Waals surface area contributed by atoms with Crippen molar-refractivity contribution in [1.29, 1.82) is 0 Å². The lowest BCUT2D eigenvalue weighted by atomic mass is 10.2. The molecule has 3 nitrogen and oxygen atoms in total. The summed E-state index contributed by atoms with van der Waals surface area (Å²) in [6, 6.07) is 12.9. The molecule has 0 unspecified atom stereocenters. The Hall–Kier alpha value is -1.91. The first-order valence-electron chi connectivity index (χ1n) is 6.26. The van der Waals surface area contributed by atoms with Gasteiger partial charge in [-0.1, -0.05) is 35.9 Å². The van der Waals surface area contributed by atoms with Crippen LogP contribution in [0.1, 0.15) is 11.3 Å². The van der Waals surface area contributed by atoms with Crippen molar-refractivity contribution in [3.8, 4) is 0 Å². The SMILES string of the molecule is O=c1c(Br)c(C=Cc2ccc(Cl)cc2)nc2ccccn12. The highest BCUT2D eigenvalue weighted by atomic mass is 79.9. The Kier molecular flexibility index (Phi) is 3.90. The van der Waals surface area contributed by atoms with Crippen molar-refractivity contribution in [3.63, 3.8) is 0 Å². The Morgan fingerprint density at radius 3 is 2.62 bits per heavy atom. The molecule has 0 atom stereocenters. The number of halogens is 2. The predicted molar refractivity (Wildman–Crippen MR) is 89.5 cm³/mol. The van der Waals surface area contributed by atoms with Crippen LogP contribution in [0.25, 0.3) is 17.8 Å². The van der Waals surface area contributed by atoms with Gasteiger partial charge in [0.25, 0.3) is 5.56 Å². The van der Waals surface area contributed by atoms with Gasteiger partial charge in [0.1, 0.15) is 10.1 Å². The molecule has 104 valence electrons. The maximum atomic E-state index is 12.2. The van der Waals surface area contributed by atoms with Crippen LogP contribution in [0.2, 0.25) is 5.02 Å². The molecule has 3 aromatic rings. The highest BCUT2D eigenvalue weighted by Gasteiger charge is 2.07. The molecule has 0 amide bonds. The number of hydrogen-bond donors (Lipinski definition) is 0. The molecule has 0 saturated carbocycles. The molecule has 0 fully saturated rings. The topological polar surface area (TPSA) is 34.4 Å². The van der Waals surface area contributed by atoms with E-state index in [9.17, 15) is 4.79 Å². The molecule has 3 rings (SSSR count). The third-order valence-electron chi connectivity index (χ3n) is 3.01. The van der Waals surface area contributed by atoms with E-state index in [0.29, 0.717) is 20.8 Å². The zero-order chi connectivity index (χ0) is 14.8. The maximum Gasteiger partial charge on any atom is 0.272 e. The van der Waals surface area contributed by atoms with Gasteiger partial charge >= 0.3 is 0 Å². The number of fused-ring (bicyclic) bond motifs is 1. The number of aromatic nitrogens is 2. The average Bonchev–Trinajstić information content (AvgIpc) is 2.51. The van der Waals surface area contributed by atoms with E-state index in [1.165, 1.54) is 4.40 Å². The summed E-state index contributed by atoms with van der Waals surface area (Å²) in [5, 5.41) is 0.690. The highest BCUT2D eigenvalue weighted by molar-refractivity contribution is 9.10. The Morgan fingerprint density at radius 1 is 1.10 bits per heavy atom. The third-order valence-corrected chi connectivity index (χ3v) is 4.01. The van der Waals surface area contributed by atoms with Crippen molar-refractivity contribution < 1.29 is 0 Å². The van der Waals surface area contributed by atoms with Crippen LogP contribution in [-0.4, -0.2) is 9.38 Å². The Bertz CT molecular complexity index is 885. The van der Waals surface area contributed by atoms with Crippen molar-refractivity contribution in [2.45, 2.75) is 0 Å². The molecular weight excluding hydrogens is 352 g/mol. The molecule has 21 heavy (non-hydrogen) atoms. The van der Waals surface area contributed by atoms with Gasteiger partial charge in [-0.25, -0.2) is 4.98 Å². The van der Waals surface area contributed by atoms with E-state index in [1.54, 1.807) is 18.3 Å². The smallest absolute Gasteiger partial charge is 0.268 e. The molecule has 1 aromatic carbocycles. The largest absolute Gasteiger partial charge is 0.272 e. The fraction of sp³-hybridized carbons (Fsp3) is 0. The van der Waals surface area contributed by atoms with Gasteiger partial charge in [-0.05, 0) is 51.8 Å². The summed E-state index contributed by atoms with van der Waals surface area (Å²) in [6.07, 6.45) is 5.39. The highest BCUT2D eigenvalue weighted by Crippen LogP contribution is 2.16. The van der Waals surface area contributed by atoms with Gasteiger partial charge < -0.3 is 0 Å². The molecule has 0 saturated heterocycles. The molecule has 5 heteroatoms. The Labute approximate surface area is 134 Å². The van der Waals surface area contributed by atoms with E-state index < -0.39 is 0 Å². The fourth-order valence-electron chi connectivity index (χ4n) is 1.94. The minimum Gasteiger partial charge on any atom is -0.268 e. The summed E-state index contributed by atoms with van der Waals surface area (Å²) in [7, 11) is 0. The molecule has 0 aliphatic rings. The lowest BCUT2D eigenvalue weighted by Crippen LogP contribution is -2.16. The molecule has 0 radical (unpaired) electrons. The number of rotatable bonds is 2. The molecule has 2 heterocycles. The zero-order valence-electron chi connectivity index (χ0n) is 10.8. The van der Waals surface area contributed by atoms with Gasteiger partial charge in [0, 0.05) is 11.2 Å². The summed E-state index contributed by atoms with van der Waals surface area (Å²) in [5.74, 6) is 0. The van der Waals surface area contributed by atoms with Gasteiger partial charge in [0.15, 0.2) is 0 Å². The quantitative estimate of drug-likeness (QED) is 0.683. The van der Waals surface area contributed by atoms with Gasteiger partial charge in [-0.3, -0.25) is 9.20 Å². The van der Waals surface area contributed by atoms with Crippen molar-refractivity contribution in [2.24, 2.45) is 0 Å². The van der Waals surface area contributed by atoms with Crippen LogP contribution < -0.4 is 5.56 Å². The minimum atomic E-state index is -0.128. The van der Waals surface area contributed by atoms with Crippen LogP contribution in [0.15, 0.2) is 57.9 Å². The normalized spacial score (nSPS) is 11.3.